The van der Waals surface area contributed by atoms with Gasteiger partial charge in [-0.25, -0.2) is 8.57 Å². The van der Waals surface area contributed by atoms with Crippen LogP contribution in [0.2, 0.25) is 0 Å². The first-order valence-corrected chi connectivity index (χ1v) is 7.34. The fourth-order valence-corrected chi connectivity index (χ4v) is 4.30. The molecule has 1 aliphatic heterocycles. The second-order valence-corrected chi connectivity index (χ2v) is 7.58. The minimum Gasteiger partial charge on any atom is -0.324 e. The first-order valence-electron chi connectivity index (χ1n) is 5.49. The van der Waals surface area contributed by atoms with Crippen molar-refractivity contribution in [2.75, 3.05) is 18.1 Å². The molecule has 2 N–H and O–H groups in total. The summed E-state index contributed by atoms with van der Waals surface area (Å²) in [5.41, 5.74) is 5.94. The fraction of sp³-hybridized carbons (Fsp3) is 1.00. The van der Waals surface area contributed by atoms with Crippen molar-refractivity contribution in [1.29, 1.82) is 0 Å². The maximum Gasteiger partial charge on any atom is 0.0664 e. The Morgan fingerprint density at radius 1 is 1.43 bits per heavy atom. The normalized spacial score (nSPS) is 29.9. The highest BCUT2D eigenvalue weighted by Crippen LogP contribution is 2.38. The molecule has 0 spiro atoms. The van der Waals surface area contributed by atoms with Gasteiger partial charge in [-0.2, -0.15) is 0 Å². The molecule has 1 saturated heterocycles. The maximum absolute atomic E-state index is 12.1. The summed E-state index contributed by atoms with van der Waals surface area (Å²) in [6, 6.07) is 0. The molecule has 1 aliphatic carbocycles. The van der Waals surface area contributed by atoms with Gasteiger partial charge in [0.25, 0.3) is 0 Å². The van der Waals surface area contributed by atoms with Crippen LogP contribution in [-0.2, 0) is 9.73 Å². The van der Waals surface area contributed by atoms with Gasteiger partial charge in [0.1, 0.15) is 0 Å². The third kappa shape index (κ3) is 2.28. The first kappa shape index (κ1) is 10.4. The van der Waals surface area contributed by atoms with Crippen LogP contribution in [-0.4, -0.2) is 27.8 Å². The third-order valence-corrected chi connectivity index (χ3v) is 5.78. The highest BCUT2D eigenvalue weighted by Gasteiger charge is 2.38. The van der Waals surface area contributed by atoms with E-state index < -0.39 is 9.73 Å². The van der Waals surface area contributed by atoms with Crippen LogP contribution in [0.15, 0.2) is 4.36 Å². The minimum atomic E-state index is -1.85. The molecule has 0 radical (unpaired) electrons. The first-order chi connectivity index (χ1) is 6.52. The van der Waals surface area contributed by atoms with E-state index in [4.69, 9.17) is 5.73 Å². The van der Waals surface area contributed by atoms with Gasteiger partial charge in [0, 0.05) is 26.8 Å². The van der Waals surface area contributed by atoms with Crippen molar-refractivity contribution in [1.82, 2.24) is 0 Å². The number of nitrogens with zero attached hydrogens (tertiary/aromatic N) is 1. The summed E-state index contributed by atoms with van der Waals surface area (Å²) in [5.74, 6) is 2.22. The molecule has 82 valence electrons. The molecule has 1 saturated carbocycles. The van der Waals surface area contributed by atoms with E-state index in [9.17, 15) is 4.21 Å². The zero-order valence-corrected chi connectivity index (χ0v) is 9.68. The molecule has 2 rings (SSSR count). The van der Waals surface area contributed by atoms with Crippen LogP contribution < -0.4 is 5.73 Å². The molecule has 2 fully saturated rings. The van der Waals surface area contributed by atoms with E-state index in [2.05, 4.69) is 4.36 Å². The van der Waals surface area contributed by atoms with Crippen LogP contribution in [0.5, 0.6) is 0 Å². The zero-order chi connectivity index (χ0) is 10.2. The van der Waals surface area contributed by atoms with Crippen molar-refractivity contribution < 1.29 is 4.21 Å². The van der Waals surface area contributed by atoms with Gasteiger partial charge in [-0.15, -0.1) is 0 Å². The summed E-state index contributed by atoms with van der Waals surface area (Å²) in [5, 5.41) is 0. The molecule has 0 aromatic heterocycles. The van der Waals surface area contributed by atoms with Crippen molar-refractivity contribution in [3.05, 3.63) is 0 Å². The van der Waals surface area contributed by atoms with Crippen LogP contribution in [0.1, 0.15) is 32.6 Å². The Morgan fingerprint density at radius 2 is 2.00 bits per heavy atom. The van der Waals surface area contributed by atoms with Crippen LogP contribution in [0.3, 0.4) is 0 Å². The maximum atomic E-state index is 12.1. The predicted octanol–water partition coefficient (Wildman–Crippen LogP) is 1.38. The summed E-state index contributed by atoms with van der Waals surface area (Å²) in [6.45, 7) is 2.64. The molecular formula is C10H20N2OS. The van der Waals surface area contributed by atoms with Crippen LogP contribution in [0, 0.1) is 5.92 Å². The lowest BCUT2D eigenvalue weighted by molar-refractivity contribution is 0.422. The average Bonchev–Trinajstić information content (AvgIpc) is 2.89. The highest BCUT2D eigenvalue weighted by atomic mass is 32.2. The van der Waals surface area contributed by atoms with Gasteiger partial charge in [0.15, 0.2) is 0 Å². The molecule has 0 aromatic rings. The van der Waals surface area contributed by atoms with Crippen molar-refractivity contribution >= 4 is 9.73 Å². The van der Waals surface area contributed by atoms with Gasteiger partial charge in [0.05, 0.1) is 6.54 Å². The Labute approximate surface area is 86.6 Å². The predicted molar refractivity (Wildman–Crippen MR) is 59.7 cm³/mol. The Kier molecular flexibility index (Phi) is 2.60. The van der Waals surface area contributed by atoms with E-state index in [1.54, 1.807) is 0 Å². The highest BCUT2D eigenvalue weighted by molar-refractivity contribution is 7.93. The molecule has 14 heavy (non-hydrogen) atoms. The lowest BCUT2D eigenvalue weighted by Gasteiger charge is -2.22. The van der Waals surface area contributed by atoms with E-state index in [-0.39, 0.29) is 5.54 Å². The van der Waals surface area contributed by atoms with Crippen molar-refractivity contribution in [2.45, 2.75) is 38.1 Å². The number of hydrogen-bond donors (Lipinski definition) is 1. The van der Waals surface area contributed by atoms with Crippen molar-refractivity contribution in [3.63, 3.8) is 0 Å². The zero-order valence-electron chi connectivity index (χ0n) is 8.87. The summed E-state index contributed by atoms with van der Waals surface area (Å²) >= 11 is 0. The van der Waals surface area contributed by atoms with E-state index in [1.165, 1.54) is 12.8 Å². The van der Waals surface area contributed by atoms with Crippen LogP contribution in [0.25, 0.3) is 0 Å². The molecule has 2 aliphatic rings. The number of hydrogen-bond acceptors (Lipinski definition) is 3. The summed E-state index contributed by atoms with van der Waals surface area (Å²) in [4.78, 5) is 0. The summed E-state index contributed by atoms with van der Waals surface area (Å²) in [6.07, 6.45) is 4.60. The monoisotopic (exact) mass is 216 g/mol. The quantitative estimate of drug-likeness (QED) is 0.774. The van der Waals surface area contributed by atoms with E-state index >= 15 is 0 Å². The molecule has 4 heteroatoms. The Hall–Kier alpha value is -0.0900. The molecule has 1 atom stereocenters. The summed E-state index contributed by atoms with van der Waals surface area (Å²) < 4.78 is 16.4. The Bertz CT molecular complexity index is 313. The lowest BCUT2D eigenvalue weighted by Crippen LogP contribution is -2.42. The number of nitrogens with two attached hydrogens (primary N) is 1. The largest absolute Gasteiger partial charge is 0.324 e. The molecule has 0 amide bonds. The Balaban J connectivity index is 2.00. The van der Waals surface area contributed by atoms with E-state index in [1.807, 2.05) is 6.92 Å². The molecule has 0 bridgehead atoms. The molecule has 0 aromatic carbocycles. The molecule has 1 heterocycles. The van der Waals surface area contributed by atoms with Crippen LogP contribution in [0.4, 0.5) is 0 Å². The molecular weight excluding hydrogens is 196 g/mol. The van der Waals surface area contributed by atoms with E-state index in [0.29, 0.717) is 12.5 Å². The van der Waals surface area contributed by atoms with E-state index in [0.717, 1.165) is 24.3 Å². The smallest absolute Gasteiger partial charge is 0.0664 e. The minimum absolute atomic E-state index is 0.201. The standard InChI is InChI=1S/C10H20N2OS/c1-10(11,9-4-5-9)8-12-14(13)6-2-3-7-14/h9H,2-8,11H2,1H3. The van der Waals surface area contributed by atoms with Gasteiger partial charge in [-0.1, -0.05) is 0 Å². The number of rotatable bonds is 3. The van der Waals surface area contributed by atoms with Crippen molar-refractivity contribution in [3.8, 4) is 0 Å². The summed E-state index contributed by atoms with van der Waals surface area (Å²) in [7, 11) is -1.85. The second kappa shape index (κ2) is 3.49. The van der Waals surface area contributed by atoms with Gasteiger partial charge in [0.2, 0.25) is 0 Å². The average molecular weight is 216 g/mol. The van der Waals surface area contributed by atoms with Gasteiger partial charge < -0.3 is 5.73 Å². The molecule has 1 unspecified atom stereocenters. The van der Waals surface area contributed by atoms with Crippen LogP contribution >= 0.6 is 0 Å². The second-order valence-electron chi connectivity index (χ2n) is 4.96. The topological polar surface area (TPSA) is 55.4 Å². The van der Waals surface area contributed by atoms with Gasteiger partial charge in [-0.05, 0) is 38.5 Å². The van der Waals surface area contributed by atoms with Crippen molar-refractivity contribution in [2.24, 2.45) is 16.0 Å². The lowest BCUT2D eigenvalue weighted by atomic mass is 9.98. The van der Waals surface area contributed by atoms with Gasteiger partial charge >= 0.3 is 0 Å². The third-order valence-electron chi connectivity index (χ3n) is 3.33. The van der Waals surface area contributed by atoms with Gasteiger partial charge in [-0.3, -0.25) is 0 Å². The fourth-order valence-electron chi connectivity index (χ4n) is 2.01. The SMILES string of the molecule is CC(N)(CN=S1(=O)CCCC1)C1CC1. The molecule has 3 nitrogen and oxygen atoms in total. The Morgan fingerprint density at radius 3 is 2.50 bits per heavy atom.